The van der Waals surface area contributed by atoms with E-state index in [1.807, 2.05) is 5.38 Å². The average Bonchev–Trinajstić information content (AvgIpc) is 2.74. The lowest BCUT2D eigenvalue weighted by atomic mass is 10.0. The van der Waals surface area contributed by atoms with Crippen molar-refractivity contribution in [1.82, 2.24) is 0 Å². The molecular weight excluding hydrogens is 289 g/mol. The lowest BCUT2D eigenvalue weighted by Crippen LogP contribution is -2.13. The van der Waals surface area contributed by atoms with Crippen LogP contribution in [0.1, 0.15) is 17.2 Å². The molecule has 0 aliphatic rings. The van der Waals surface area contributed by atoms with Crippen molar-refractivity contribution in [3.63, 3.8) is 0 Å². The Labute approximate surface area is 106 Å². The smallest absolute Gasteiger partial charge is 0.137 e. The van der Waals surface area contributed by atoms with E-state index in [-0.39, 0.29) is 11.9 Å². The quantitative estimate of drug-likeness (QED) is 0.914. The fourth-order valence-corrected chi connectivity index (χ4v) is 2.60. The molecule has 2 N–H and O–H groups in total. The second-order valence-corrected chi connectivity index (χ2v) is 5.25. The molecule has 1 aromatic carbocycles. The molecule has 0 fully saturated rings. The van der Waals surface area contributed by atoms with Gasteiger partial charge in [-0.3, -0.25) is 0 Å². The molecule has 84 valence electrons. The third kappa shape index (κ3) is 2.70. The van der Waals surface area contributed by atoms with Gasteiger partial charge in [-0.25, -0.2) is 4.39 Å². The van der Waals surface area contributed by atoms with Crippen LogP contribution in [0.15, 0.2) is 39.5 Å². The van der Waals surface area contributed by atoms with E-state index in [0.29, 0.717) is 4.47 Å². The van der Waals surface area contributed by atoms with Crippen LogP contribution in [0.4, 0.5) is 4.39 Å². The molecule has 4 heteroatoms. The van der Waals surface area contributed by atoms with Crippen LogP contribution in [0.5, 0.6) is 0 Å². The summed E-state index contributed by atoms with van der Waals surface area (Å²) >= 11 is 4.82. The number of benzene rings is 1. The second-order valence-electron chi connectivity index (χ2n) is 3.62. The van der Waals surface area contributed by atoms with Crippen molar-refractivity contribution in [1.29, 1.82) is 0 Å². The van der Waals surface area contributed by atoms with E-state index in [4.69, 9.17) is 5.73 Å². The van der Waals surface area contributed by atoms with Crippen LogP contribution in [0, 0.1) is 5.82 Å². The summed E-state index contributed by atoms with van der Waals surface area (Å²) in [7, 11) is 0. The standard InChI is InChI=1S/C12H11BrFNS/c13-10-6-9(1-2-11(10)14)12(15)5-8-3-4-16-7-8/h1-4,6-7,12H,5,15H2. The highest BCUT2D eigenvalue weighted by molar-refractivity contribution is 9.10. The summed E-state index contributed by atoms with van der Waals surface area (Å²) in [6.45, 7) is 0. The van der Waals surface area contributed by atoms with Crippen molar-refractivity contribution >= 4 is 27.3 Å². The maximum Gasteiger partial charge on any atom is 0.137 e. The minimum absolute atomic E-state index is 0.0912. The zero-order valence-electron chi connectivity index (χ0n) is 8.49. The van der Waals surface area contributed by atoms with Crippen LogP contribution in [-0.4, -0.2) is 0 Å². The molecule has 0 spiro atoms. The van der Waals surface area contributed by atoms with E-state index in [0.717, 1.165) is 12.0 Å². The normalized spacial score (nSPS) is 12.7. The lowest BCUT2D eigenvalue weighted by Gasteiger charge is -2.11. The van der Waals surface area contributed by atoms with Gasteiger partial charge in [0.25, 0.3) is 0 Å². The lowest BCUT2D eigenvalue weighted by molar-refractivity contribution is 0.617. The zero-order valence-corrected chi connectivity index (χ0v) is 10.9. The Morgan fingerprint density at radius 2 is 2.19 bits per heavy atom. The van der Waals surface area contributed by atoms with E-state index >= 15 is 0 Å². The highest BCUT2D eigenvalue weighted by Crippen LogP contribution is 2.23. The van der Waals surface area contributed by atoms with Gasteiger partial charge in [-0.05, 0) is 62.4 Å². The summed E-state index contributed by atoms with van der Waals surface area (Å²) in [6.07, 6.45) is 0.779. The first kappa shape index (κ1) is 11.8. The highest BCUT2D eigenvalue weighted by Gasteiger charge is 2.09. The number of rotatable bonds is 3. The monoisotopic (exact) mass is 299 g/mol. The molecule has 2 rings (SSSR count). The van der Waals surface area contributed by atoms with E-state index in [1.165, 1.54) is 11.6 Å². The van der Waals surface area contributed by atoms with Gasteiger partial charge < -0.3 is 5.73 Å². The Balaban J connectivity index is 2.14. The number of hydrogen-bond acceptors (Lipinski definition) is 2. The molecule has 2 aromatic rings. The molecule has 0 saturated heterocycles. The Kier molecular flexibility index (Phi) is 3.74. The predicted octanol–water partition coefficient (Wildman–Crippen LogP) is 3.89. The topological polar surface area (TPSA) is 26.0 Å². The largest absolute Gasteiger partial charge is 0.324 e. The average molecular weight is 300 g/mol. The van der Waals surface area contributed by atoms with E-state index in [2.05, 4.69) is 27.4 Å². The van der Waals surface area contributed by atoms with Gasteiger partial charge in [0.1, 0.15) is 5.82 Å². The van der Waals surface area contributed by atoms with Gasteiger partial charge in [0.15, 0.2) is 0 Å². The van der Waals surface area contributed by atoms with Crippen LogP contribution in [0.2, 0.25) is 0 Å². The molecule has 16 heavy (non-hydrogen) atoms. The maximum absolute atomic E-state index is 13.1. The molecule has 1 unspecified atom stereocenters. The molecule has 0 aliphatic heterocycles. The molecule has 0 saturated carbocycles. The van der Waals surface area contributed by atoms with Crippen molar-refractivity contribution in [2.45, 2.75) is 12.5 Å². The third-order valence-electron chi connectivity index (χ3n) is 2.41. The molecule has 1 atom stereocenters. The van der Waals surface area contributed by atoms with Crippen molar-refractivity contribution in [2.75, 3.05) is 0 Å². The first-order chi connectivity index (χ1) is 7.66. The van der Waals surface area contributed by atoms with Gasteiger partial charge >= 0.3 is 0 Å². The summed E-state index contributed by atoms with van der Waals surface area (Å²) in [4.78, 5) is 0. The minimum Gasteiger partial charge on any atom is -0.324 e. The zero-order chi connectivity index (χ0) is 11.5. The first-order valence-corrected chi connectivity index (χ1v) is 6.62. The first-order valence-electron chi connectivity index (χ1n) is 4.88. The minimum atomic E-state index is -0.258. The summed E-state index contributed by atoms with van der Waals surface area (Å²) in [6, 6.07) is 6.88. The molecular formula is C12H11BrFNS. The fourth-order valence-electron chi connectivity index (χ4n) is 1.52. The van der Waals surface area contributed by atoms with Gasteiger partial charge in [0, 0.05) is 6.04 Å². The van der Waals surface area contributed by atoms with Crippen LogP contribution in [0.3, 0.4) is 0 Å². The van der Waals surface area contributed by atoms with Crippen molar-refractivity contribution < 1.29 is 4.39 Å². The molecule has 1 aromatic heterocycles. The summed E-state index contributed by atoms with van der Waals surface area (Å²) < 4.78 is 13.5. The van der Waals surface area contributed by atoms with Crippen LogP contribution in [0.25, 0.3) is 0 Å². The Morgan fingerprint density at radius 3 is 2.81 bits per heavy atom. The molecule has 1 heterocycles. The molecule has 1 nitrogen and oxygen atoms in total. The van der Waals surface area contributed by atoms with Gasteiger partial charge in [-0.1, -0.05) is 6.07 Å². The molecule has 0 amide bonds. The fraction of sp³-hybridized carbons (Fsp3) is 0.167. The molecule has 0 aliphatic carbocycles. The van der Waals surface area contributed by atoms with Crippen LogP contribution in [-0.2, 0) is 6.42 Å². The van der Waals surface area contributed by atoms with E-state index in [9.17, 15) is 4.39 Å². The van der Waals surface area contributed by atoms with E-state index in [1.54, 1.807) is 23.5 Å². The Morgan fingerprint density at radius 1 is 1.38 bits per heavy atom. The number of thiophene rings is 1. The number of halogens is 2. The van der Waals surface area contributed by atoms with Crippen molar-refractivity contribution in [3.8, 4) is 0 Å². The van der Waals surface area contributed by atoms with Gasteiger partial charge in [0.05, 0.1) is 4.47 Å². The Bertz CT molecular complexity index is 470. The third-order valence-corrected chi connectivity index (χ3v) is 3.75. The molecule has 0 radical (unpaired) electrons. The van der Waals surface area contributed by atoms with Crippen molar-refractivity contribution in [2.24, 2.45) is 5.73 Å². The summed E-state index contributed by atoms with van der Waals surface area (Å²) in [5, 5.41) is 4.11. The second kappa shape index (κ2) is 5.08. The van der Waals surface area contributed by atoms with E-state index < -0.39 is 0 Å². The highest BCUT2D eigenvalue weighted by atomic mass is 79.9. The van der Waals surface area contributed by atoms with Crippen LogP contribution < -0.4 is 5.73 Å². The van der Waals surface area contributed by atoms with Crippen LogP contribution >= 0.6 is 27.3 Å². The SMILES string of the molecule is NC(Cc1ccsc1)c1ccc(F)c(Br)c1. The summed E-state index contributed by atoms with van der Waals surface area (Å²) in [5.74, 6) is -0.258. The van der Waals surface area contributed by atoms with Crippen molar-refractivity contribution in [3.05, 3.63) is 56.4 Å². The number of hydrogen-bond donors (Lipinski definition) is 1. The van der Waals surface area contributed by atoms with Gasteiger partial charge in [0.2, 0.25) is 0 Å². The number of nitrogens with two attached hydrogens (primary N) is 1. The van der Waals surface area contributed by atoms with Gasteiger partial charge in [-0.2, -0.15) is 11.3 Å². The molecule has 0 bridgehead atoms. The van der Waals surface area contributed by atoms with Gasteiger partial charge in [-0.15, -0.1) is 0 Å². The predicted molar refractivity (Wildman–Crippen MR) is 69.1 cm³/mol. The summed E-state index contributed by atoms with van der Waals surface area (Å²) in [5.41, 5.74) is 8.23. The maximum atomic E-state index is 13.1. The Hall–Kier alpha value is -0.710.